The van der Waals surface area contributed by atoms with Gasteiger partial charge in [0.15, 0.2) is 11.4 Å². The Hall–Kier alpha value is -1.68. The van der Waals surface area contributed by atoms with Crippen LogP contribution in [-0.4, -0.2) is 22.3 Å². The molecule has 0 saturated heterocycles. The quantitative estimate of drug-likeness (QED) is 0.619. The number of hydrogen-bond acceptors (Lipinski definition) is 4. The van der Waals surface area contributed by atoms with Crippen molar-refractivity contribution in [2.24, 2.45) is 0 Å². The predicted octanol–water partition coefficient (Wildman–Crippen LogP) is 1.02. The number of allylic oxidation sites excluding steroid dienone is 3. The minimum Gasteiger partial charge on any atom is -0.469 e. The largest absolute Gasteiger partial charge is 0.469 e. The second kappa shape index (κ2) is 3.15. The lowest BCUT2D eigenvalue weighted by atomic mass is 9.78. The van der Waals surface area contributed by atoms with Crippen LogP contribution >= 0.6 is 0 Å². The van der Waals surface area contributed by atoms with Gasteiger partial charge < -0.3 is 9.84 Å². The predicted molar refractivity (Wildman–Crippen MR) is 56.3 cm³/mol. The first-order valence-corrected chi connectivity index (χ1v) is 4.94. The number of aliphatic hydroxyl groups is 1. The summed E-state index contributed by atoms with van der Waals surface area (Å²) < 4.78 is 5.19. The van der Waals surface area contributed by atoms with Gasteiger partial charge in [-0.05, 0) is 38.0 Å². The normalized spacial score (nSPS) is 29.5. The molecule has 2 rings (SSSR count). The summed E-state index contributed by atoms with van der Waals surface area (Å²) in [7, 11) is 0. The molecule has 0 fully saturated rings. The Bertz CT molecular complexity index is 489. The number of carbonyl (C=O) groups excluding carboxylic acids is 2. The maximum absolute atomic E-state index is 11.9. The van der Waals surface area contributed by atoms with Gasteiger partial charge in [0.25, 0.3) is 0 Å². The van der Waals surface area contributed by atoms with Crippen LogP contribution in [0.3, 0.4) is 0 Å². The number of rotatable bonds is 0. The maximum Gasteiger partial charge on any atom is 0.205 e. The Kier molecular flexibility index (Phi) is 2.13. The van der Waals surface area contributed by atoms with Crippen LogP contribution in [0, 0.1) is 0 Å². The SMILES string of the molecule is CC1=C(C)C2=CC(=O)[C@](C)(O)C(=O)C2=CO1. The number of ether oxygens (including phenoxy) is 1. The lowest BCUT2D eigenvalue weighted by molar-refractivity contribution is -0.144. The molecule has 1 aliphatic heterocycles. The topological polar surface area (TPSA) is 63.6 Å². The van der Waals surface area contributed by atoms with Crippen molar-refractivity contribution in [3.05, 3.63) is 34.8 Å². The van der Waals surface area contributed by atoms with E-state index in [0.29, 0.717) is 11.3 Å². The molecule has 0 radical (unpaired) electrons. The molecular formula is C12H12O4. The number of Topliss-reactive ketones (excluding diaryl/α,β-unsaturated/α-hetero) is 1. The van der Waals surface area contributed by atoms with Gasteiger partial charge in [0.1, 0.15) is 12.0 Å². The summed E-state index contributed by atoms with van der Waals surface area (Å²) in [6, 6.07) is 0. The minimum absolute atomic E-state index is 0.257. The number of fused-ring (bicyclic) bond motifs is 1. The first-order chi connectivity index (χ1) is 7.35. The zero-order valence-corrected chi connectivity index (χ0v) is 9.33. The van der Waals surface area contributed by atoms with Crippen LogP contribution in [0.25, 0.3) is 0 Å². The average molecular weight is 220 g/mol. The lowest BCUT2D eigenvalue weighted by Crippen LogP contribution is -2.47. The molecule has 16 heavy (non-hydrogen) atoms. The zero-order valence-electron chi connectivity index (χ0n) is 9.33. The van der Waals surface area contributed by atoms with E-state index in [0.717, 1.165) is 5.57 Å². The highest BCUT2D eigenvalue weighted by molar-refractivity contribution is 6.25. The van der Waals surface area contributed by atoms with E-state index in [-0.39, 0.29) is 5.57 Å². The van der Waals surface area contributed by atoms with Crippen molar-refractivity contribution in [1.29, 1.82) is 0 Å². The van der Waals surface area contributed by atoms with Crippen LogP contribution in [0.1, 0.15) is 20.8 Å². The van der Waals surface area contributed by atoms with E-state index in [1.54, 1.807) is 13.8 Å². The summed E-state index contributed by atoms with van der Waals surface area (Å²) in [6.07, 6.45) is 2.59. The van der Waals surface area contributed by atoms with Gasteiger partial charge in [0.05, 0.1) is 5.57 Å². The first kappa shape index (κ1) is 10.8. The highest BCUT2D eigenvalue weighted by atomic mass is 16.5. The van der Waals surface area contributed by atoms with E-state index >= 15 is 0 Å². The summed E-state index contributed by atoms with van der Waals surface area (Å²) in [5.41, 5.74) is -0.419. The van der Waals surface area contributed by atoms with Crippen molar-refractivity contribution in [3.63, 3.8) is 0 Å². The Morgan fingerprint density at radius 1 is 1.25 bits per heavy atom. The number of ketones is 2. The molecule has 1 atom stereocenters. The molecule has 2 aliphatic rings. The molecule has 0 aromatic rings. The molecule has 0 unspecified atom stereocenters. The monoisotopic (exact) mass is 220 g/mol. The fourth-order valence-corrected chi connectivity index (χ4v) is 1.70. The molecule has 0 aromatic heterocycles. The molecule has 84 valence electrons. The molecule has 1 heterocycles. The highest BCUT2D eigenvalue weighted by Crippen LogP contribution is 2.34. The zero-order chi connectivity index (χ0) is 12.1. The Morgan fingerprint density at radius 3 is 2.50 bits per heavy atom. The van der Waals surface area contributed by atoms with Gasteiger partial charge >= 0.3 is 0 Å². The van der Waals surface area contributed by atoms with E-state index in [1.165, 1.54) is 19.3 Å². The molecule has 1 N–H and O–H groups in total. The van der Waals surface area contributed by atoms with Crippen LogP contribution in [0.4, 0.5) is 0 Å². The van der Waals surface area contributed by atoms with Gasteiger partial charge in [-0.25, -0.2) is 0 Å². The van der Waals surface area contributed by atoms with Crippen LogP contribution in [-0.2, 0) is 14.3 Å². The van der Waals surface area contributed by atoms with Gasteiger partial charge in [-0.2, -0.15) is 0 Å². The highest BCUT2D eigenvalue weighted by Gasteiger charge is 2.45. The van der Waals surface area contributed by atoms with Crippen molar-refractivity contribution in [2.45, 2.75) is 26.4 Å². The van der Waals surface area contributed by atoms with Crippen LogP contribution in [0.5, 0.6) is 0 Å². The van der Waals surface area contributed by atoms with Gasteiger partial charge in [0, 0.05) is 0 Å². The Balaban J connectivity index is 2.62. The van der Waals surface area contributed by atoms with Crippen molar-refractivity contribution in [2.75, 3.05) is 0 Å². The molecule has 0 amide bonds. The molecule has 0 spiro atoms. The second-order valence-corrected chi connectivity index (χ2v) is 4.15. The van der Waals surface area contributed by atoms with E-state index in [9.17, 15) is 14.7 Å². The van der Waals surface area contributed by atoms with Crippen molar-refractivity contribution in [1.82, 2.24) is 0 Å². The van der Waals surface area contributed by atoms with Crippen molar-refractivity contribution in [3.8, 4) is 0 Å². The first-order valence-electron chi connectivity index (χ1n) is 4.94. The molecule has 1 aliphatic carbocycles. The minimum atomic E-state index is -1.97. The fourth-order valence-electron chi connectivity index (χ4n) is 1.70. The van der Waals surface area contributed by atoms with Crippen LogP contribution in [0.2, 0.25) is 0 Å². The second-order valence-electron chi connectivity index (χ2n) is 4.15. The Labute approximate surface area is 92.9 Å². The summed E-state index contributed by atoms with van der Waals surface area (Å²) in [6.45, 7) is 4.73. The molecule has 4 heteroatoms. The lowest BCUT2D eigenvalue weighted by Gasteiger charge is -2.29. The Morgan fingerprint density at radius 2 is 1.88 bits per heavy atom. The van der Waals surface area contributed by atoms with Gasteiger partial charge in [-0.1, -0.05) is 0 Å². The van der Waals surface area contributed by atoms with E-state index < -0.39 is 17.2 Å². The molecular weight excluding hydrogens is 208 g/mol. The third-order valence-corrected chi connectivity index (χ3v) is 3.02. The maximum atomic E-state index is 11.9. The molecule has 0 aromatic carbocycles. The molecule has 0 bridgehead atoms. The summed E-state index contributed by atoms with van der Waals surface area (Å²) >= 11 is 0. The smallest absolute Gasteiger partial charge is 0.205 e. The third-order valence-electron chi connectivity index (χ3n) is 3.02. The standard InChI is InChI=1S/C12H12O4/c1-6-7(2)16-5-9-8(6)4-10(13)12(3,15)11(9)14/h4-5,15H,1-3H3/t12-/m0/s1. The fraction of sp³-hybridized carbons (Fsp3) is 0.333. The van der Waals surface area contributed by atoms with Gasteiger partial charge in [-0.3, -0.25) is 9.59 Å². The van der Waals surface area contributed by atoms with Crippen LogP contribution in [0.15, 0.2) is 34.8 Å². The number of hydrogen-bond donors (Lipinski definition) is 1. The van der Waals surface area contributed by atoms with Crippen LogP contribution < -0.4 is 0 Å². The number of carbonyl (C=O) groups is 2. The average Bonchev–Trinajstić information content (AvgIpc) is 2.22. The molecule has 4 nitrogen and oxygen atoms in total. The van der Waals surface area contributed by atoms with E-state index in [1.807, 2.05) is 0 Å². The van der Waals surface area contributed by atoms with Gasteiger partial charge in [0.2, 0.25) is 5.78 Å². The summed E-state index contributed by atoms with van der Waals surface area (Å²) in [5, 5.41) is 9.75. The van der Waals surface area contributed by atoms with Crippen molar-refractivity contribution < 1.29 is 19.4 Å². The summed E-state index contributed by atoms with van der Waals surface area (Å²) in [5.74, 6) is -0.544. The summed E-state index contributed by atoms with van der Waals surface area (Å²) in [4.78, 5) is 23.5. The van der Waals surface area contributed by atoms with Crippen molar-refractivity contribution >= 4 is 11.6 Å². The van der Waals surface area contributed by atoms with E-state index in [4.69, 9.17) is 4.74 Å². The molecule has 0 saturated carbocycles. The van der Waals surface area contributed by atoms with E-state index in [2.05, 4.69) is 0 Å². The third kappa shape index (κ3) is 1.27. The van der Waals surface area contributed by atoms with Gasteiger partial charge in [-0.15, -0.1) is 0 Å².